The van der Waals surface area contributed by atoms with E-state index in [-0.39, 0.29) is 11.5 Å². The Hall–Kier alpha value is -1.04. The van der Waals surface area contributed by atoms with Crippen LogP contribution in [0.3, 0.4) is 0 Å². The van der Waals surface area contributed by atoms with Crippen LogP contribution in [0.4, 0.5) is 0 Å². The molecule has 1 aliphatic heterocycles. The van der Waals surface area contributed by atoms with E-state index in [0.717, 1.165) is 45.2 Å². The summed E-state index contributed by atoms with van der Waals surface area (Å²) in [5, 5.41) is 9.96. The van der Waals surface area contributed by atoms with Gasteiger partial charge in [0.25, 0.3) is 0 Å². The van der Waals surface area contributed by atoms with Gasteiger partial charge in [0.15, 0.2) is 9.99 Å². The molecule has 0 spiro atoms. The van der Waals surface area contributed by atoms with Crippen molar-refractivity contribution in [1.29, 1.82) is 0 Å². The lowest BCUT2D eigenvalue weighted by atomic mass is 9.55. The minimum Gasteiger partial charge on any atom is -0.508 e. The molecule has 5 heteroatoms. The van der Waals surface area contributed by atoms with E-state index < -0.39 is 9.99 Å². The second-order valence-corrected chi connectivity index (χ2v) is 13.5. The fourth-order valence-corrected chi connectivity index (χ4v) is 10.3. The van der Waals surface area contributed by atoms with Crippen molar-refractivity contribution < 1.29 is 13.5 Å². The molecule has 2 saturated carbocycles. The highest BCUT2D eigenvalue weighted by atomic mass is 32.2. The Balaban J connectivity index is 1.41. The number of fused-ring (bicyclic) bond motifs is 7. The van der Waals surface area contributed by atoms with E-state index in [1.165, 1.54) is 54.5 Å². The van der Waals surface area contributed by atoms with E-state index in [9.17, 15) is 9.32 Å². The van der Waals surface area contributed by atoms with Gasteiger partial charge in [-0.2, -0.15) is 0 Å². The molecule has 1 aromatic carbocycles. The number of rotatable bonds is 9. The van der Waals surface area contributed by atoms with Crippen LogP contribution < -0.4 is 0 Å². The lowest BCUT2D eigenvalue weighted by Crippen LogP contribution is -2.55. The van der Waals surface area contributed by atoms with Gasteiger partial charge >= 0.3 is 0 Å². The molecule has 6 atom stereocenters. The van der Waals surface area contributed by atoms with E-state index in [4.69, 9.17) is 4.18 Å². The van der Waals surface area contributed by atoms with Crippen molar-refractivity contribution in [3.63, 3.8) is 0 Å². The number of aromatic hydroxyl groups is 1. The zero-order valence-electron chi connectivity index (χ0n) is 20.9. The third-order valence-electron chi connectivity index (χ3n) is 9.38. The summed E-state index contributed by atoms with van der Waals surface area (Å²) in [6.07, 6.45) is 12.6. The van der Waals surface area contributed by atoms with Crippen molar-refractivity contribution in [3.05, 3.63) is 29.3 Å². The van der Waals surface area contributed by atoms with Gasteiger partial charge in [0.05, 0.1) is 4.86 Å². The summed E-state index contributed by atoms with van der Waals surface area (Å²) < 4.78 is 23.0. The maximum Gasteiger partial charge on any atom is 0.152 e. The SMILES string of the molecule is CCCCCN(CCCCC)S1(=O)=C2CC3C4CCc5cc(O)ccc5C4CC[C@]3(C)[C@H]2O1. The fraction of sp³-hybridized carbons (Fsp3) is 0.750. The van der Waals surface area contributed by atoms with Crippen LogP contribution in [0.2, 0.25) is 0 Å². The van der Waals surface area contributed by atoms with Gasteiger partial charge in [-0.3, -0.25) is 4.18 Å². The Bertz CT molecular complexity index is 987. The minimum absolute atomic E-state index is 0.0945. The van der Waals surface area contributed by atoms with Gasteiger partial charge in [0.2, 0.25) is 0 Å². The van der Waals surface area contributed by atoms with E-state index in [0.29, 0.717) is 23.5 Å². The first-order chi connectivity index (χ1) is 15.9. The highest BCUT2D eigenvalue weighted by molar-refractivity contribution is 7.97. The first-order valence-corrected chi connectivity index (χ1v) is 15.0. The van der Waals surface area contributed by atoms with E-state index in [1.54, 1.807) is 0 Å². The van der Waals surface area contributed by atoms with Crippen LogP contribution in [0, 0.1) is 17.3 Å². The number of phenolic OH excluding ortho intramolecular Hbond substituents is 1. The molecule has 1 heterocycles. The second-order valence-electron chi connectivity index (χ2n) is 11.3. The predicted molar refractivity (Wildman–Crippen MR) is 137 cm³/mol. The van der Waals surface area contributed by atoms with Crippen molar-refractivity contribution in [1.82, 2.24) is 4.31 Å². The van der Waals surface area contributed by atoms with Crippen molar-refractivity contribution in [2.45, 2.75) is 103 Å². The number of nitrogens with zero attached hydrogens (tertiary/aromatic N) is 1. The predicted octanol–water partition coefficient (Wildman–Crippen LogP) is 6.23. The molecule has 1 aromatic rings. The average Bonchev–Trinajstić information content (AvgIpc) is 3.05. The molecule has 0 amide bonds. The number of aryl methyl sites for hydroxylation is 1. The van der Waals surface area contributed by atoms with Gasteiger partial charge < -0.3 is 5.11 Å². The van der Waals surface area contributed by atoms with E-state index in [2.05, 4.69) is 31.1 Å². The van der Waals surface area contributed by atoms with Gasteiger partial charge in [-0.15, -0.1) is 0 Å². The molecule has 0 radical (unpaired) electrons. The normalized spacial score (nSPS) is 36.7. The Kier molecular flexibility index (Phi) is 6.60. The number of unbranched alkanes of at least 4 members (excludes halogenated alkanes) is 4. The van der Waals surface area contributed by atoms with Gasteiger partial charge in [-0.1, -0.05) is 52.5 Å². The Morgan fingerprint density at radius 3 is 2.55 bits per heavy atom. The smallest absolute Gasteiger partial charge is 0.152 e. The molecule has 0 saturated heterocycles. The second kappa shape index (κ2) is 9.20. The Morgan fingerprint density at radius 2 is 1.85 bits per heavy atom. The van der Waals surface area contributed by atoms with Crippen LogP contribution in [0.5, 0.6) is 5.75 Å². The van der Waals surface area contributed by atoms with Crippen LogP contribution in [0.25, 0.3) is 0 Å². The zero-order chi connectivity index (χ0) is 23.2. The van der Waals surface area contributed by atoms with E-state index in [1.807, 2.05) is 12.1 Å². The molecule has 0 aromatic heterocycles. The molecule has 0 bridgehead atoms. The van der Waals surface area contributed by atoms with E-state index >= 15 is 0 Å². The maximum atomic E-state index is 14.3. The van der Waals surface area contributed by atoms with Crippen LogP contribution in [-0.2, 0) is 20.6 Å². The molecule has 2 fully saturated rings. The van der Waals surface area contributed by atoms with Crippen LogP contribution in [0.15, 0.2) is 18.2 Å². The maximum absolute atomic E-state index is 14.3. The van der Waals surface area contributed by atoms with Crippen molar-refractivity contribution in [3.8, 4) is 5.75 Å². The first-order valence-electron chi connectivity index (χ1n) is 13.6. The fourth-order valence-electron chi connectivity index (χ4n) is 7.53. The summed E-state index contributed by atoms with van der Waals surface area (Å²) in [5.74, 6) is 2.17. The quantitative estimate of drug-likeness (QED) is 0.342. The van der Waals surface area contributed by atoms with Crippen molar-refractivity contribution in [2.24, 2.45) is 17.3 Å². The molecule has 5 rings (SSSR count). The molecule has 184 valence electrons. The number of hydrogen-bond acceptors (Lipinski definition) is 3. The van der Waals surface area contributed by atoms with Gasteiger partial charge in [0, 0.05) is 18.5 Å². The highest BCUT2D eigenvalue weighted by Crippen LogP contribution is 2.63. The largest absolute Gasteiger partial charge is 0.508 e. The third-order valence-corrected chi connectivity index (χ3v) is 11.9. The number of hydrogen-bond donors (Lipinski definition) is 1. The first kappa shape index (κ1) is 23.7. The molecule has 1 N–H and O–H groups in total. The number of benzene rings is 1. The molecule has 4 unspecified atom stereocenters. The topological polar surface area (TPSA) is 49.8 Å². The zero-order valence-corrected chi connectivity index (χ0v) is 21.7. The van der Waals surface area contributed by atoms with Crippen LogP contribution in [0.1, 0.15) is 102 Å². The molecule has 4 nitrogen and oxygen atoms in total. The van der Waals surface area contributed by atoms with Crippen molar-refractivity contribution >= 4 is 14.9 Å². The molecule has 3 aliphatic carbocycles. The average molecular weight is 474 g/mol. The summed E-state index contributed by atoms with van der Waals surface area (Å²) in [5.41, 5.74) is 2.92. The van der Waals surface area contributed by atoms with Crippen LogP contribution in [-0.4, -0.2) is 37.7 Å². The van der Waals surface area contributed by atoms with Crippen LogP contribution >= 0.6 is 0 Å². The Morgan fingerprint density at radius 1 is 1.12 bits per heavy atom. The summed E-state index contributed by atoms with van der Waals surface area (Å²) >= 11 is 0. The summed E-state index contributed by atoms with van der Waals surface area (Å²) in [7, 11) is -2.45. The monoisotopic (exact) mass is 473 g/mol. The standard InChI is InChI=1S/C28H43NO3S/c1-4-6-8-16-29(17-9-7-5-2)33(31)26-19-25-24-12-10-20-18-21(30)11-13-22(20)23(24)14-15-28(25,3)27(26)32-33/h11,13,18,23-25,27,30H,4-10,12,14-17,19H2,1-3H3/t23?,24?,25?,27-,28-,33?/m0/s1. The minimum atomic E-state index is -2.45. The summed E-state index contributed by atoms with van der Waals surface area (Å²) in [4.78, 5) is 1.25. The molecule has 33 heavy (non-hydrogen) atoms. The van der Waals surface area contributed by atoms with Crippen molar-refractivity contribution in [2.75, 3.05) is 13.1 Å². The van der Waals surface area contributed by atoms with Gasteiger partial charge in [-0.05, 0) is 86.0 Å². The third kappa shape index (κ3) is 3.87. The lowest BCUT2D eigenvalue weighted by Gasteiger charge is -2.51. The highest BCUT2D eigenvalue weighted by Gasteiger charge is 2.63. The van der Waals surface area contributed by atoms with Gasteiger partial charge in [0.1, 0.15) is 11.9 Å². The lowest BCUT2D eigenvalue weighted by molar-refractivity contribution is -0.00312. The molecular weight excluding hydrogens is 430 g/mol. The molecule has 4 aliphatic rings. The van der Waals surface area contributed by atoms with Gasteiger partial charge in [-0.25, -0.2) is 8.51 Å². The number of phenols is 1. The summed E-state index contributed by atoms with van der Waals surface area (Å²) in [6, 6.07) is 6.01. The summed E-state index contributed by atoms with van der Waals surface area (Å²) in [6.45, 7) is 8.69. The Labute approximate surface area is 201 Å². The molecular formula is C28H43NO3S.